The Morgan fingerprint density at radius 2 is 1.93 bits per heavy atom. The van der Waals surface area contributed by atoms with E-state index in [9.17, 15) is 10.2 Å². The fourth-order valence-electron chi connectivity index (χ4n) is 4.23. The molecule has 2 aromatic rings. The lowest BCUT2D eigenvalue weighted by atomic mass is 9.81. The van der Waals surface area contributed by atoms with Crippen LogP contribution in [0, 0.1) is 0 Å². The van der Waals surface area contributed by atoms with Crippen molar-refractivity contribution in [3.63, 3.8) is 0 Å². The molecule has 2 aromatic carbocycles. The fourth-order valence-corrected chi connectivity index (χ4v) is 4.49. The van der Waals surface area contributed by atoms with Crippen LogP contribution in [-0.4, -0.2) is 47.5 Å². The summed E-state index contributed by atoms with van der Waals surface area (Å²) in [5.74, 6) is 1.48. The molecule has 0 amide bonds. The standard InChI is InChI=1S/C22H26BrNO4/c1-27-17-6-7-21-18(12-17)19(25)13-22(28-21)8-10-24(11-9-22)14-20(26)15-2-4-16(23)5-3-15/h2-7,12,19-20,25-26H,8-11,13-14H2,1H3. The largest absolute Gasteiger partial charge is 0.497 e. The van der Waals surface area contributed by atoms with Gasteiger partial charge in [-0.05, 0) is 48.7 Å². The van der Waals surface area contributed by atoms with E-state index in [2.05, 4.69) is 20.8 Å². The van der Waals surface area contributed by atoms with Crippen LogP contribution < -0.4 is 9.47 Å². The van der Waals surface area contributed by atoms with E-state index in [4.69, 9.17) is 9.47 Å². The molecule has 0 aliphatic carbocycles. The maximum Gasteiger partial charge on any atom is 0.126 e. The molecule has 0 radical (unpaired) electrons. The molecule has 2 aliphatic heterocycles. The molecule has 2 N–H and O–H groups in total. The van der Waals surface area contributed by atoms with Crippen molar-refractivity contribution in [2.45, 2.75) is 37.1 Å². The molecule has 6 heteroatoms. The van der Waals surface area contributed by atoms with Gasteiger partial charge in [0, 0.05) is 36.1 Å². The Morgan fingerprint density at radius 1 is 1.21 bits per heavy atom. The Bertz CT molecular complexity index is 818. The summed E-state index contributed by atoms with van der Waals surface area (Å²) in [4.78, 5) is 2.28. The van der Waals surface area contributed by atoms with Crippen molar-refractivity contribution in [1.82, 2.24) is 4.90 Å². The van der Waals surface area contributed by atoms with Gasteiger partial charge in [0.2, 0.25) is 0 Å². The van der Waals surface area contributed by atoms with E-state index in [0.717, 1.165) is 53.0 Å². The van der Waals surface area contributed by atoms with Gasteiger partial charge in [-0.25, -0.2) is 0 Å². The molecule has 2 atom stereocenters. The van der Waals surface area contributed by atoms with Crippen LogP contribution in [0.1, 0.15) is 42.6 Å². The third-order valence-electron chi connectivity index (χ3n) is 5.92. The minimum atomic E-state index is -0.543. The zero-order valence-corrected chi connectivity index (χ0v) is 17.6. The predicted octanol–water partition coefficient (Wildman–Crippen LogP) is 3.84. The van der Waals surface area contributed by atoms with Gasteiger partial charge in [0.15, 0.2) is 0 Å². The number of ether oxygens (including phenoxy) is 2. The molecule has 0 aromatic heterocycles. The first kappa shape index (κ1) is 19.7. The summed E-state index contributed by atoms with van der Waals surface area (Å²) in [6, 6.07) is 13.4. The van der Waals surface area contributed by atoms with E-state index >= 15 is 0 Å². The van der Waals surface area contributed by atoms with Crippen LogP contribution in [0.3, 0.4) is 0 Å². The average Bonchev–Trinajstić information content (AvgIpc) is 2.70. The van der Waals surface area contributed by atoms with Crippen LogP contribution in [0.2, 0.25) is 0 Å². The Kier molecular flexibility index (Phi) is 5.65. The predicted molar refractivity (Wildman–Crippen MR) is 111 cm³/mol. The lowest BCUT2D eigenvalue weighted by molar-refractivity contribution is -0.0588. The molecular weight excluding hydrogens is 422 g/mol. The smallest absolute Gasteiger partial charge is 0.126 e. The van der Waals surface area contributed by atoms with E-state index in [-0.39, 0.29) is 5.60 Å². The van der Waals surface area contributed by atoms with Crippen LogP contribution in [0.4, 0.5) is 0 Å². The third kappa shape index (κ3) is 4.06. The van der Waals surface area contributed by atoms with Crippen molar-refractivity contribution in [2.24, 2.45) is 0 Å². The number of hydrogen-bond acceptors (Lipinski definition) is 5. The number of fused-ring (bicyclic) bond motifs is 1. The van der Waals surface area contributed by atoms with Gasteiger partial charge < -0.3 is 24.6 Å². The Labute approximate surface area is 174 Å². The molecule has 1 fully saturated rings. The first-order valence-corrected chi connectivity index (χ1v) is 10.5. The highest BCUT2D eigenvalue weighted by Gasteiger charge is 2.43. The third-order valence-corrected chi connectivity index (χ3v) is 6.45. The van der Waals surface area contributed by atoms with E-state index in [0.29, 0.717) is 13.0 Å². The summed E-state index contributed by atoms with van der Waals surface area (Å²) in [7, 11) is 1.62. The topological polar surface area (TPSA) is 62.2 Å². The SMILES string of the molecule is COc1ccc2c(c1)C(O)CC1(CCN(CC(O)c3ccc(Br)cc3)CC1)O2. The number of nitrogens with zero attached hydrogens (tertiary/aromatic N) is 1. The molecule has 2 aliphatic rings. The summed E-state index contributed by atoms with van der Waals surface area (Å²) in [5.41, 5.74) is 1.40. The van der Waals surface area contributed by atoms with Crippen LogP contribution >= 0.6 is 15.9 Å². The highest BCUT2D eigenvalue weighted by molar-refractivity contribution is 9.10. The number of β-amino-alcohol motifs (C(OH)–C–C–N with tert-alkyl or cyclic N) is 1. The van der Waals surface area contributed by atoms with Crippen molar-refractivity contribution < 1.29 is 19.7 Å². The maximum atomic E-state index is 10.7. The molecule has 0 saturated carbocycles. The molecular formula is C22H26BrNO4. The van der Waals surface area contributed by atoms with Crippen molar-refractivity contribution in [3.8, 4) is 11.5 Å². The number of rotatable bonds is 4. The van der Waals surface area contributed by atoms with Crippen LogP contribution in [0.15, 0.2) is 46.9 Å². The van der Waals surface area contributed by atoms with Gasteiger partial charge in [-0.2, -0.15) is 0 Å². The summed E-state index contributed by atoms with van der Waals surface area (Å²) >= 11 is 3.42. The molecule has 1 saturated heterocycles. The Balaban J connectivity index is 1.39. The molecule has 4 rings (SSSR count). The van der Waals surface area contributed by atoms with Crippen molar-refractivity contribution in [3.05, 3.63) is 58.1 Å². The number of piperidine rings is 1. The van der Waals surface area contributed by atoms with Crippen molar-refractivity contribution in [1.29, 1.82) is 0 Å². The molecule has 5 nitrogen and oxygen atoms in total. The molecule has 28 heavy (non-hydrogen) atoms. The van der Waals surface area contributed by atoms with E-state index in [1.165, 1.54) is 0 Å². The number of methoxy groups -OCH3 is 1. The number of halogens is 1. The normalized spacial score (nSPS) is 22.4. The number of aliphatic hydroxyl groups is 2. The first-order chi connectivity index (χ1) is 13.5. The van der Waals surface area contributed by atoms with Gasteiger partial charge in [0.05, 0.1) is 19.3 Å². The van der Waals surface area contributed by atoms with Crippen LogP contribution in [-0.2, 0) is 0 Å². The van der Waals surface area contributed by atoms with E-state index in [1.807, 2.05) is 42.5 Å². The number of likely N-dealkylation sites (tertiary alicyclic amines) is 1. The first-order valence-electron chi connectivity index (χ1n) is 9.69. The van der Waals surface area contributed by atoms with Gasteiger partial charge >= 0.3 is 0 Å². The Morgan fingerprint density at radius 3 is 2.61 bits per heavy atom. The second kappa shape index (κ2) is 8.03. The van der Waals surface area contributed by atoms with Crippen molar-refractivity contribution >= 4 is 15.9 Å². The second-order valence-electron chi connectivity index (χ2n) is 7.78. The summed E-state index contributed by atoms with van der Waals surface area (Å²) in [6.45, 7) is 2.28. The monoisotopic (exact) mass is 447 g/mol. The molecule has 2 heterocycles. The van der Waals surface area contributed by atoms with Crippen LogP contribution in [0.25, 0.3) is 0 Å². The summed E-state index contributed by atoms with van der Waals surface area (Å²) < 4.78 is 12.6. The lowest BCUT2D eigenvalue weighted by Crippen LogP contribution is -2.51. The van der Waals surface area contributed by atoms with Gasteiger partial charge in [-0.1, -0.05) is 28.1 Å². The van der Waals surface area contributed by atoms with Gasteiger partial charge in [-0.3, -0.25) is 0 Å². The average molecular weight is 448 g/mol. The highest BCUT2D eigenvalue weighted by atomic mass is 79.9. The summed E-state index contributed by atoms with van der Waals surface area (Å²) in [6.07, 6.45) is 1.22. The van der Waals surface area contributed by atoms with E-state index in [1.54, 1.807) is 7.11 Å². The number of benzene rings is 2. The van der Waals surface area contributed by atoms with Crippen molar-refractivity contribution in [2.75, 3.05) is 26.7 Å². The zero-order chi connectivity index (χ0) is 19.7. The summed E-state index contributed by atoms with van der Waals surface area (Å²) in [5, 5.41) is 21.2. The van der Waals surface area contributed by atoms with Gasteiger partial charge in [-0.15, -0.1) is 0 Å². The fraction of sp³-hybridized carbons (Fsp3) is 0.455. The highest BCUT2D eigenvalue weighted by Crippen LogP contribution is 2.45. The van der Waals surface area contributed by atoms with Crippen LogP contribution in [0.5, 0.6) is 11.5 Å². The molecule has 1 spiro atoms. The Hall–Kier alpha value is -1.60. The number of aliphatic hydroxyl groups excluding tert-OH is 2. The maximum absolute atomic E-state index is 10.7. The van der Waals surface area contributed by atoms with E-state index < -0.39 is 12.2 Å². The van der Waals surface area contributed by atoms with Gasteiger partial charge in [0.1, 0.15) is 17.1 Å². The minimum absolute atomic E-state index is 0.333. The lowest BCUT2D eigenvalue weighted by Gasteiger charge is -2.46. The molecule has 150 valence electrons. The zero-order valence-electron chi connectivity index (χ0n) is 16.0. The van der Waals surface area contributed by atoms with Gasteiger partial charge in [0.25, 0.3) is 0 Å². The second-order valence-corrected chi connectivity index (χ2v) is 8.69. The quantitative estimate of drug-likeness (QED) is 0.745. The molecule has 2 unspecified atom stereocenters. The minimum Gasteiger partial charge on any atom is -0.497 e. The number of hydrogen-bond donors (Lipinski definition) is 2. The molecule has 0 bridgehead atoms.